The van der Waals surface area contributed by atoms with Crippen LogP contribution in [-0.2, 0) is 0 Å². The fourth-order valence-electron chi connectivity index (χ4n) is 3.32. The first-order valence-corrected chi connectivity index (χ1v) is 7.17. The number of rotatable bonds is 3. The van der Waals surface area contributed by atoms with E-state index < -0.39 is 11.8 Å². The van der Waals surface area contributed by atoms with Crippen molar-refractivity contribution in [2.24, 2.45) is 0 Å². The van der Waals surface area contributed by atoms with Crippen LogP contribution >= 0.6 is 0 Å². The second-order valence-electron chi connectivity index (χ2n) is 5.60. The van der Waals surface area contributed by atoms with E-state index in [0.29, 0.717) is 11.7 Å². The lowest BCUT2D eigenvalue weighted by atomic mass is 10.1. The molecule has 2 aliphatic rings. The maximum Gasteiger partial charge on any atom is 0.337 e. The Kier molecular flexibility index (Phi) is 3.61. The lowest BCUT2D eigenvalue weighted by Gasteiger charge is -2.25. The van der Waals surface area contributed by atoms with Crippen molar-refractivity contribution in [2.45, 2.75) is 25.3 Å². The van der Waals surface area contributed by atoms with Gasteiger partial charge < -0.3 is 10.0 Å². The lowest BCUT2D eigenvalue weighted by molar-refractivity contribution is 0.0697. The standard InChI is InChI=1S/C15H19FN2O2/c16-11-3-4-14(13(9-11)15(19)20)18-8-5-12(10-18)17-6-1-2-7-17/h3-4,9,12H,1-2,5-8,10H2,(H,19,20). The Morgan fingerprint density at radius 3 is 2.70 bits per heavy atom. The molecule has 2 saturated heterocycles. The maximum absolute atomic E-state index is 13.2. The first-order chi connectivity index (χ1) is 9.65. The van der Waals surface area contributed by atoms with Crippen LogP contribution in [0.25, 0.3) is 0 Å². The first-order valence-electron chi connectivity index (χ1n) is 7.17. The maximum atomic E-state index is 13.2. The van der Waals surface area contributed by atoms with E-state index in [-0.39, 0.29) is 5.56 Å². The molecule has 0 radical (unpaired) electrons. The Morgan fingerprint density at radius 1 is 1.25 bits per heavy atom. The highest BCUT2D eigenvalue weighted by Crippen LogP contribution is 2.28. The van der Waals surface area contributed by atoms with Crippen molar-refractivity contribution in [2.75, 3.05) is 31.1 Å². The molecule has 3 rings (SSSR count). The number of carbonyl (C=O) groups is 1. The molecule has 0 bridgehead atoms. The molecule has 0 amide bonds. The van der Waals surface area contributed by atoms with Gasteiger partial charge in [-0.25, -0.2) is 9.18 Å². The van der Waals surface area contributed by atoms with Gasteiger partial charge in [-0.3, -0.25) is 4.90 Å². The summed E-state index contributed by atoms with van der Waals surface area (Å²) in [6.07, 6.45) is 3.57. The van der Waals surface area contributed by atoms with Crippen LogP contribution in [0.15, 0.2) is 18.2 Å². The highest BCUT2D eigenvalue weighted by molar-refractivity contribution is 5.94. The number of carboxylic acids is 1. The summed E-state index contributed by atoms with van der Waals surface area (Å²) >= 11 is 0. The number of hydrogen-bond acceptors (Lipinski definition) is 3. The molecule has 1 aromatic carbocycles. The zero-order valence-corrected chi connectivity index (χ0v) is 11.4. The minimum Gasteiger partial charge on any atom is -0.478 e. The molecule has 5 heteroatoms. The number of likely N-dealkylation sites (tertiary alicyclic amines) is 1. The quantitative estimate of drug-likeness (QED) is 0.920. The Labute approximate surface area is 117 Å². The zero-order chi connectivity index (χ0) is 14.1. The molecule has 0 saturated carbocycles. The summed E-state index contributed by atoms with van der Waals surface area (Å²) in [5.41, 5.74) is 0.702. The van der Waals surface area contributed by atoms with E-state index in [2.05, 4.69) is 9.80 Å². The number of hydrogen-bond donors (Lipinski definition) is 1. The summed E-state index contributed by atoms with van der Waals surface area (Å²) in [6.45, 7) is 3.97. The predicted molar refractivity (Wildman–Crippen MR) is 74.8 cm³/mol. The molecular formula is C15H19FN2O2. The molecule has 1 N–H and O–H groups in total. The average molecular weight is 278 g/mol. The van der Waals surface area contributed by atoms with E-state index in [4.69, 9.17) is 0 Å². The van der Waals surface area contributed by atoms with Gasteiger partial charge in [-0.05, 0) is 50.6 Å². The number of halogens is 1. The number of carboxylic acid groups (broad SMARTS) is 1. The number of nitrogens with zero attached hydrogens (tertiary/aromatic N) is 2. The van der Waals surface area contributed by atoms with Gasteiger partial charge in [-0.1, -0.05) is 0 Å². The van der Waals surface area contributed by atoms with E-state index in [0.717, 1.165) is 38.7 Å². The Morgan fingerprint density at radius 2 is 2.00 bits per heavy atom. The van der Waals surface area contributed by atoms with Gasteiger partial charge in [0.2, 0.25) is 0 Å². The SMILES string of the molecule is O=C(O)c1cc(F)ccc1N1CCC(N2CCCC2)C1. The Balaban J connectivity index is 1.78. The molecular weight excluding hydrogens is 259 g/mol. The van der Waals surface area contributed by atoms with Crippen LogP contribution in [0.3, 0.4) is 0 Å². The molecule has 2 aliphatic heterocycles. The molecule has 4 nitrogen and oxygen atoms in total. The molecule has 0 aromatic heterocycles. The minimum atomic E-state index is -1.07. The van der Waals surface area contributed by atoms with Gasteiger partial charge in [0.25, 0.3) is 0 Å². The Hall–Kier alpha value is -1.62. The fourth-order valence-corrected chi connectivity index (χ4v) is 3.32. The predicted octanol–water partition coefficient (Wildman–Crippen LogP) is 2.20. The summed E-state index contributed by atoms with van der Waals surface area (Å²) < 4.78 is 13.2. The van der Waals surface area contributed by atoms with Crippen LogP contribution in [0.1, 0.15) is 29.6 Å². The van der Waals surface area contributed by atoms with Crippen molar-refractivity contribution in [3.63, 3.8) is 0 Å². The summed E-state index contributed by atoms with van der Waals surface area (Å²) in [6, 6.07) is 4.54. The molecule has 2 fully saturated rings. The van der Waals surface area contributed by atoms with Crippen LogP contribution < -0.4 is 4.90 Å². The van der Waals surface area contributed by atoms with E-state index in [1.54, 1.807) is 6.07 Å². The molecule has 2 heterocycles. The fraction of sp³-hybridized carbons (Fsp3) is 0.533. The van der Waals surface area contributed by atoms with Crippen LogP contribution in [-0.4, -0.2) is 48.2 Å². The number of benzene rings is 1. The number of anilines is 1. The van der Waals surface area contributed by atoms with Gasteiger partial charge in [0.05, 0.1) is 11.3 Å². The third kappa shape index (κ3) is 2.50. The van der Waals surface area contributed by atoms with Gasteiger partial charge in [0, 0.05) is 19.1 Å². The summed E-state index contributed by atoms with van der Waals surface area (Å²) in [4.78, 5) is 15.8. The van der Waals surface area contributed by atoms with Crippen LogP contribution in [0.2, 0.25) is 0 Å². The minimum absolute atomic E-state index is 0.0621. The average Bonchev–Trinajstić information content (AvgIpc) is 3.09. The highest BCUT2D eigenvalue weighted by Gasteiger charge is 2.30. The van der Waals surface area contributed by atoms with E-state index in [1.807, 2.05) is 0 Å². The molecule has 1 atom stereocenters. The topological polar surface area (TPSA) is 43.8 Å². The van der Waals surface area contributed by atoms with Crippen LogP contribution in [0.5, 0.6) is 0 Å². The summed E-state index contributed by atoms with van der Waals surface area (Å²) in [5, 5.41) is 9.22. The Bertz CT molecular complexity index is 515. The van der Waals surface area contributed by atoms with Crippen molar-refractivity contribution in [1.82, 2.24) is 4.90 Å². The molecule has 20 heavy (non-hydrogen) atoms. The normalized spacial score (nSPS) is 23.4. The molecule has 0 spiro atoms. The van der Waals surface area contributed by atoms with E-state index in [9.17, 15) is 14.3 Å². The van der Waals surface area contributed by atoms with E-state index in [1.165, 1.54) is 18.9 Å². The second-order valence-corrected chi connectivity index (χ2v) is 5.60. The summed E-state index contributed by atoms with van der Waals surface area (Å²) in [5.74, 6) is -1.56. The van der Waals surface area contributed by atoms with Gasteiger partial charge in [0.1, 0.15) is 5.82 Å². The summed E-state index contributed by atoms with van der Waals surface area (Å²) in [7, 11) is 0. The van der Waals surface area contributed by atoms with Gasteiger partial charge in [-0.15, -0.1) is 0 Å². The van der Waals surface area contributed by atoms with E-state index >= 15 is 0 Å². The third-order valence-electron chi connectivity index (χ3n) is 4.35. The molecule has 1 unspecified atom stereocenters. The van der Waals surface area contributed by atoms with Crippen LogP contribution in [0.4, 0.5) is 10.1 Å². The number of aromatic carboxylic acids is 1. The molecule has 0 aliphatic carbocycles. The van der Waals surface area contributed by atoms with Gasteiger partial charge in [0.15, 0.2) is 0 Å². The first kappa shape index (κ1) is 13.4. The van der Waals surface area contributed by atoms with Crippen molar-refractivity contribution in [3.8, 4) is 0 Å². The largest absolute Gasteiger partial charge is 0.478 e. The smallest absolute Gasteiger partial charge is 0.337 e. The second kappa shape index (κ2) is 5.40. The van der Waals surface area contributed by atoms with Crippen molar-refractivity contribution < 1.29 is 14.3 Å². The van der Waals surface area contributed by atoms with Crippen LogP contribution in [0, 0.1) is 5.82 Å². The van der Waals surface area contributed by atoms with Gasteiger partial charge >= 0.3 is 5.97 Å². The zero-order valence-electron chi connectivity index (χ0n) is 11.4. The van der Waals surface area contributed by atoms with Crippen molar-refractivity contribution in [1.29, 1.82) is 0 Å². The third-order valence-corrected chi connectivity index (χ3v) is 4.35. The molecule has 1 aromatic rings. The highest BCUT2D eigenvalue weighted by atomic mass is 19.1. The van der Waals surface area contributed by atoms with Crippen molar-refractivity contribution in [3.05, 3.63) is 29.6 Å². The monoisotopic (exact) mass is 278 g/mol. The van der Waals surface area contributed by atoms with Crippen molar-refractivity contribution >= 4 is 11.7 Å². The lowest BCUT2D eigenvalue weighted by Crippen LogP contribution is -2.35. The molecule has 108 valence electrons. The van der Waals surface area contributed by atoms with Gasteiger partial charge in [-0.2, -0.15) is 0 Å².